The van der Waals surface area contributed by atoms with Gasteiger partial charge in [0.2, 0.25) is 5.91 Å². The zero-order valence-corrected chi connectivity index (χ0v) is 18.4. The molecule has 168 valence electrons. The van der Waals surface area contributed by atoms with Crippen molar-refractivity contribution in [3.05, 3.63) is 65.7 Å². The van der Waals surface area contributed by atoms with Crippen LogP contribution >= 0.6 is 0 Å². The van der Waals surface area contributed by atoms with Gasteiger partial charge in [-0.15, -0.1) is 0 Å². The van der Waals surface area contributed by atoms with Gasteiger partial charge in [0.1, 0.15) is 0 Å². The number of piperazine rings is 1. The summed E-state index contributed by atoms with van der Waals surface area (Å²) >= 11 is 0. The fraction of sp³-hybridized carbons (Fsp3) is 0.400. The molecule has 0 radical (unpaired) electrons. The summed E-state index contributed by atoms with van der Waals surface area (Å²) in [6, 6.07) is 16.5. The number of carbonyl (C=O) groups is 3. The number of anilines is 1. The predicted molar refractivity (Wildman–Crippen MR) is 121 cm³/mol. The van der Waals surface area contributed by atoms with Crippen LogP contribution in [0.4, 0.5) is 5.69 Å². The van der Waals surface area contributed by atoms with Crippen LogP contribution in [-0.4, -0.2) is 73.5 Å². The van der Waals surface area contributed by atoms with E-state index in [2.05, 4.69) is 34.1 Å². The molecule has 1 atom stereocenters. The zero-order valence-electron chi connectivity index (χ0n) is 18.4. The van der Waals surface area contributed by atoms with Gasteiger partial charge in [0, 0.05) is 26.2 Å². The van der Waals surface area contributed by atoms with Gasteiger partial charge in [-0.1, -0.05) is 30.3 Å². The number of esters is 1. The molecule has 2 aromatic rings. The Hall–Kier alpha value is -3.03. The second-order valence-corrected chi connectivity index (χ2v) is 8.29. The van der Waals surface area contributed by atoms with Crippen LogP contribution < -0.4 is 4.90 Å². The fourth-order valence-electron chi connectivity index (χ4n) is 4.49. The van der Waals surface area contributed by atoms with Gasteiger partial charge < -0.3 is 9.64 Å². The number of rotatable bonds is 7. The smallest absolute Gasteiger partial charge is 0.337 e. The monoisotopic (exact) mass is 435 g/mol. The largest absolute Gasteiger partial charge is 0.465 e. The maximum atomic E-state index is 13.1. The van der Waals surface area contributed by atoms with E-state index in [9.17, 15) is 14.4 Å². The number of hydrogen-bond donors (Lipinski definition) is 0. The van der Waals surface area contributed by atoms with Gasteiger partial charge in [-0.25, -0.2) is 9.69 Å². The summed E-state index contributed by atoms with van der Waals surface area (Å²) in [5.41, 5.74) is 2.24. The Labute approximate surface area is 188 Å². The molecule has 2 aliphatic heterocycles. The molecule has 2 heterocycles. The zero-order chi connectivity index (χ0) is 22.5. The molecule has 0 spiro atoms. The maximum Gasteiger partial charge on any atom is 0.337 e. The number of benzene rings is 2. The molecular weight excluding hydrogens is 406 g/mol. The Balaban J connectivity index is 1.29. The molecule has 0 N–H and O–H groups in total. The SMILES string of the molecule is COC(=O)c1ccc(N2C(=O)CC(N3CCN(CCCc4ccccc4)CC3)C2=O)cc1. The second-order valence-electron chi connectivity index (χ2n) is 8.29. The Morgan fingerprint density at radius 2 is 1.66 bits per heavy atom. The Morgan fingerprint density at radius 3 is 2.31 bits per heavy atom. The third kappa shape index (κ3) is 4.89. The van der Waals surface area contributed by atoms with Crippen molar-refractivity contribution in [1.82, 2.24) is 9.80 Å². The molecule has 7 heteroatoms. The highest BCUT2D eigenvalue weighted by Gasteiger charge is 2.43. The average molecular weight is 436 g/mol. The third-order valence-corrected chi connectivity index (χ3v) is 6.30. The van der Waals surface area contributed by atoms with E-state index in [4.69, 9.17) is 4.74 Å². The lowest BCUT2D eigenvalue weighted by molar-refractivity contribution is -0.123. The fourth-order valence-corrected chi connectivity index (χ4v) is 4.49. The standard InChI is InChI=1S/C25H29N3O4/c1-32-25(31)20-9-11-21(12-10-20)28-23(29)18-22(24(28)30)27-16-14-26(15-17-27)13-5-8-19-6-3-2-4-7-19/h2-4,6-7,9-12,22H,5,8,13-18H2,1H3. The Bertz CT molecular complexity index is 953. The van der Waals surface area contributed by atoms with E-state index < -0.39 is 12.0 Å². The summed E-state index contributed by atoms with van der Waals surface area (Å²) in [7, 11) is 1.32. The number of imide groups is 1. The molecule has 2 saturated heterocycles. The first-order chi connectivity index (χ1) is 15.6. The van der Waals surface area contributed by atoms with Crippen molar-refractivity contribution < 1.29 is 19.1 Å². The molecule has 0 bridgehead atoms. The van der Waals surface area contributed by atoms with Gasteiger partial charge in [0.25, 0.3) is 5.91 Å². The number of hydrogen-bond acceptors (Lipinski definition) is 6. The predicted octanol–water partition coefficient (Wildman–Crippen LogP) is 2.36. The third-order valence-electron chi connectivity index (χ3n) is 6.30. The first kappa shape index (κ1) is 22.2. The van der Waals surface area contributed by atoms with Crippen LogP contribution in [0.3, 0.4) is 0 Å². The van der Waals surface area contributed by atoms with Crippen LogP contribution in [-0.2, 0) is 20.7 Å². The Morgan fingerprint density at radius 1 is 0.969 bits per heavy atom. The summed E-state index contributed by atoms with van der Waals surface area (Å²) in [6.07, 6.45) is 2.38. The average Bonchev–Trinajstić information content (AvgIpc) is 3.13. The number of aryl methyl sites for hydroxylation is 1. The molecule has 2 aromatic carbocycles. The minimum Gasteiger partial charge on any atom is -0.465 e. The highest BCUT2D eigenvalue weighted by molar-refractivity contribution is 6.22. The van der Waals surface area contributed by atoms with E-state index in [0.29, 0.717) is 11.3 Å². The molecule has 4 rings (SSSR count). The normalized spacial score (nSPS) is 20.0. The highest BCUT2D eigenvalue weighted by Crippen LogP contribution is 2.27. The second kappa shape index (κ2) is 10.1. The van der Waals surface area contributed by atoms with Crippen molar-refractivity contribution in [3.8, 4) is 0 Å². The molecule has 0 aromatic heterocycles. The van der Waals surface area contributed by atoms with Crippen molar-refractivity contribution in [2.45, 2.75) is 25.3 Å². The number of nitrogens with zero attached hydrogens (tertiary/aromatic N) is 3. The van der Waals surface area contributed by atoms with Gasteiger partial charge >= 0.3 is 5.97 Å². The van der Waals surface area contributed by atoms with Crippen molar-refractivity contribution in [3.63, 3.8) is 0 Å². The molecule has 32 heavy (non-hydrogen) atoms. The summed E-state index contributed by atoms with van der Waals surface area (Å²) in [4.78, 5) is 43.1. The number of amides is 2. The molecule has 2 fully saturated rings. The van der Waals surface area contributed by atoms with Crippen LogP contribution in [0, 0.1) is 0 Å². The van der Waals surface area contributed by atoms with Gasteiger partial charge in [-0.2, -0.15) is 0 Å². The molecule has 0 saturated carbocycles. The van der Waals surface area contributed by atoms with E-state index in [0.717, 1.165) is 45.6 Å². The Kier molecular flexibility index (Phi) is 6.97. The van der Waals surface area contributed by atoms with Crippen LogP contribution in [0.1, 0.15) is 28.8 Å². The van der Waals surface area contributed by atoms with Crippen LogP contribution in [0.25, 0.3) is 0 Å². The maximum absolute atomic E-state index is 13.1. The first-order valence-electron chi connectivity index (χ1n) is 11.1. The lowest BCUT2D eigenvalue weighted by Crippen LogP contribution is -2.52. The van der Waals surface area contributed by atoms with Crippen molar-refractivity contribution >= 4 is 23.5 Å². The molecular formula is C25H29N3O4. The molecule has 1 unspecified atom stereocenters. The highest BCUT2D eigenvalue weighted by atomic mass is 16.5. The van der Waals surface area contributed by atoms with E-state index in [1.54, 1.807) is 24.3 Å². The number of carbonyl (C=O) groups excluding carboxylic acids is 3. The quantitative estimate of drug-likeness (QED) is 0.491. The number of ether oxygens (including phenoxy) is 1. The van der Waals surface area contributed by atoms with E-state index in [1.165, 1.54) is 17.6 Å². The minimum absolute atomic E-state index is 0.182. The molecule has 7 nitrogen and oxygen atoms in total. The summed E-state index contributed by atoms with van der Waals surface area (Å²) in [5.74, 6) is -0.829. The van der Waals surface area contributed by atoms with Crippen LogP contribution in [0.2, 0.25) is 0 Å². The van der Waals surface area contributed by atoms with E-state index in [1.807, 2.05) is 6.07 Å². The number of methoxy groups -OCH3 is 1. The summed E-state index contributed by atoms with van der Waals surface area (Å²) in [6.45, 7) is 4.41. The lowest BCUT2D eigenvalue weighted by atomic mass is 10.1. The summed E-state index contributed by atoms with van der Waals surface area (Å²) in [5, 5.41) is 0. The van der Waals surface area contributed by atoms with Gasteiger partial charge in [-0.3, -0.25) is 14.5 Å². The van der Waals surface area contributed by atoms with E-state index in [-0.39, 0.29) is 18.2 Å². The van der Waals surface area contributed by atoms with Gasteiger partial charge in [-0.05, 0) is 49.2 Å². The van der Waals surface area contributed by atoms with Crippen molar-refractivity contribution in [2.75, 3.05) is 44.7 Å². The van der Waals surface area contributed by atoms with Crippen molar-refractivity contribution in [1.29, 1.82) is 0 Å². The van der Waals surface area contributed by atoms with Crippen LogP contribution in [0.5, 0.6) is 0 Å². The molecule has 2 aliphatic rings. The molecule has 2 amide bonds. The van der Waals surface area contributed by atoms with Crippen LogP contribution in [0.15, 0.2) is 54.6 Å². The first-order valence-corrected chi connectivity index (χ1v) is 11.1. The van der Waals surface area contributed by atoms with Crippen molar-refractivity contribution in [2.24, 2.45) is 0 Å². The van der Waals surface area contributed by atoms with Gasteiger partial charge in [0.15, 0.2) is 0 Å². The van der Waals surface area contributed by atoms with E-state index >= 15 is 0 Å². The summed E-state index contributed by atoms with van der Waals surface area (Å²) < 4.78 is 4.70. The van der Waals surface area contributed by atoms with Gasteiger partial charge in [0.05, 0.1) is 30.8 Å². The molecule has 0 aliphatic carbocycles. The lowest BCUT2D eigenvalue weighted by Gasteiger charge is -2.37. The topological polar surface area (TPSA) is 70.2 Å². The minimum atomic E-state index is -0.449.